The zero-order chi connectivity index (χ0) is 13.1. The van der Waals surface area contributed by atoms with Crippen molar-refractivity contribution in [2.24, 2.45) is 17.6 Å². The molecular formula is C13H27NO2S. The van der Waals surface area contributed by atoms with Crippen LogP contribution in [0.4, 0.5) is 0 Å². The number of sulfone groups is 1. The first-order valence-corrected chi connectivity index (χ1v) is 8.58. The van der Waals surface area contributed by atoms with Crippen molar-refractivity contribution in [1.29, 1.82) is 0 Å². The fraction of sp³-hybridized carbons (Fsp3) is 1.00. The highest BCUT2D eigenvalue weighted by molar-refractivity contribution is 7.91. The van der Waals surface area contributed by atoms with E-state index in [1.807, 2.05) is 0 Å². The van der Waals surface area contributed by atoms with E-state index in [-0.39, 0.29) is 11.3 Å². The molecule has 17 heavy (non-hydrogen) atoms. The molecule has 0 aromatic carbocycles. The van der Waals surface area contributed by atoms with Crippen molar-refractivity contribution in [3.8, 4) is 0 Å². The second kappa shape index (κ2) is 5.70. The molecule has 0 saturated heterocycles. The van der Waals surface area contributed by atoms with Crippen LogP contribution < -0.4 is 5.73 Å². The summed E-state index contributed by atoms with van der Waals surface area (Å²) in [5.41, 5.74) is 6.29. The Bertz CT molecular complexity index is 327. The molecule has 1 saturated carbocycles. The Morgan fingerprint density at radius 2 is 1.76 bits per heavy atom. The van der Waals surface area contributed by atoms with E-state index in [4.69, 9.17) is 5.73 Å². The van der Waals surface area contributed by atoms with Gasteiger partial charge in [0.05, 0.1) is 5.75 Å². The number of nitrogens with two attached hydrogens (primary N) is 1. The molecule has 1 rings (SSSR count). The lowest BCUT2D eigenvalue weighted by Gasteiger charge is -2.40. The Kier molecular flexibility index (Phi) is 5.02. The molecule has 1 aliphatic carbocycles. The van der Waals surface area contributed by atoms with Gasteiger partial charge in [-0.15, -0.1) is 0 Å². The summed E-state index contributed by atoms with van der Waals surface area (Å²) >= 11 is 0. The first-order chi connectivity index (χ1) is 7.76. The maximum Gasteiger partial charge on any atom is 0.150 e. The van der Waals surface area contributed by atoms with Gasteiger partial charge in [-0.05, 0) is 43.9 Å². The van der Waals surface area contributed by atoms with Crippen molar-refractivity contribution >= 4 is 9.84 Å². The van der Waals surface area contributed by atoms with Crippen molar-refractivity contribution in [1.82, 2.24) is 0 Å². The van der Waals surface area contributed by atoms with E-state index >= 15 is 0 Å². The summed E-state index contributed by atoms with van der Waals surface area (Å²) in [6.07, 6.45) is 4.91. The van der Waals surface area contributed by atoms with Crippen LogP contribution in [0, 0.1) is 11.8 Å². The van der Waals surface area contributed by atoms with E-state index in [1.165, 1.54) is 6.42 Å². The van der Waals surface area contributed by atoms with Crippen molar-refractivity contribution in [3.63, 3.8) is 0 Å². The van der Waals surface area contributed by atoms with Crippen molar-refractivity contribution in [2.75, 3.05) is 11.5 Å². The van der Waals surface area contributed by atoms with Crippen LogP contribution in [0.2, 0.25) is 0 Å². The van der Waals surface area contributed by atoms with Gasteiger partial charge < -0.3 is 5.73 Å². The highest BCUT2D eigenvalue weighted by Gasteiger charge is 2.34. The average molecular weight is 261 g/mol. The number of hydrogen-bond acceptors (Lipinski definition) is 3. The SMILES string of the molecule is CCS(=O)(=O)CCCC1(N)CC(C)CC(C)C1. The van der Waals surface area contributed by atoms with Crippen LogP contribution in [-0.2, 0) is 9.84 Å². The van der Waals surface area contributed by atoms with Gasteiger partial charge in [0.2, 0.25) is 0 Å². The van der Waals surface area contributed by atoms with E-state index < -0.39 is 9.84 Å². The summed E-state index contributed by atoms with van der Waals surface area (Å²) < 4.78 is 22.9. The highest BCUT2D eigenvalue weighted by Crippen LogP contribution is 2.36. The smallest absolute Gasteiger partial charge is 0.150 e. The van der Waals surface area contributed by atoms with Gasteiger partial charge in [0.15, 0.2) is 0 Å². The zero-order valence-electron chi connectivity index (χ0n) is 11.4. The Hall–Kier alpha value is -0.0900. The third-order valence-corrected chi connectivity index (χ3v) is 5.67. The molecular weight excluding hydrogens is 234 g/mol. The molecule has 0 amide bonds. The van der Waals surface area contributed by atoms with Crippen LogP contribution >= 0.6 is 0 Å². The number of rotatable bonds is 5. The Labute approximate surface area is 106 Å². The third kappa shape index (κ3) is 4.96. The Balaban J connectivity index is 2.44. The van der Waals surface area contributed by atoms with Crippen LogP contribution in [0.3, 0.4) is 0 Å². The molecule has 1 fully saturated rings. The van der Waals surface area contributed by atoms with Gasteiger partial charge in [0, 0.05) is 11.3 Å². The largest absolute Gasteiger partial charge is 0.325 e. The van der Waals surface area contributed by atoms with Gasteiger partial charge in [0.1, 0.15) is 9.84 Å². The van der Waals surface area contributed by atoms with Gasteiger partial charge in [0.25, 0.3) is 0 Å². The first kappa shape index (κ1) is 15.0. The molecule has 0 radical (unpaired) electrons. The van der Waals surface area contributed by atoms with E-state index in [1.54, 1.807) is 6.92 Å². The standard InChI is InChI=1S/C13H27NO2S/c1-4-17(15,16)7-5-6-13(14)9-11(2)8-12(3)10-13/h11-12H,4-10,14H2,1-3H3. The van der Waals surface area contributed by atoms with Crippen LogP contribution in [0.1, 0.15) is 52.9 Å². The van der Waals surface area contributed by atoms with Gasteiger partial charge >= 0.3 is 0 Å². The topological polar surface area (TPSA) is 60.2 Å². The first-order valence-electron chi connectivity index (χ1n) is 6.75. The minimum atomic E-state index is -2.83. The number of hydrogen-bond donors (Lipinski definition) is 1. The lowest BCUT2D eigenvalue weighted by atomic mass is 9.70. The summed E-state index contributed by atoms with van der Waals surface area (Å²) in [7, 11) is -2.83. The summed E-state index contributed by atoms with van der Waals surface area (Å²) in [5, 5.41) is 0. The molecule has 0 spiro atoms. The molecule has 4 heteroatoms. The molecule has 2 N–H and O–H groups in total. The summed E-state index contributed by atoms with van der Waals surface area (Å²) in [6, 6.07) is 0. The fourth-order valence-corrected chi connectivity index (χ4v) is 4.19. The van der Waals surface area contributed by atoms with Crippen LogP contribution in [0.5, 0.6) is 0 Å². The molecule has 2 atom stereocenters. The lowest BCUT2D eigenvalue weighted by molar-refractivity contribution is 0.172. The highest BCUT2D eigenvalue weighted by atomic mass is 32.2. The molecule has 3 nitrogen and oxygen atoms in total. The molecule has 0 heterocycles. The van der Waals surface area contributed by atoms with Crippen LogP contribution in [0.15, 0.2) is 0 Å². The summed E-state index contributed by atoms with van der Waals surface area (Å²) in [5.74, 6) is 1.89. The third-order valence-electron chi connectivity index (χ3n) is 3.88. The molecule has 0 aromatic heterocycles. The molecule has 102 valence electrons. The fourth-order valence-electron chi connectivity index (χ4n) is 3.32. The molecule has 2 unspecified atom stereocenters. The minimum absolute atomic E-state index is 0.125. The monoisotopic (exact) mass is 261 g/mol. The Morgan fingerprint density at radius 3 is 2.24 bits per heavy atom. The molecule has 0 aliphatic heterocycles. The second-order valence-electron chi connectivity index (χ2n) is 6.06. The van der Waals surface area contributed by atoms with E-state index in [2.05, 4.69) is 13.8 Å². The van der Waals surface area contributed by atoms with E-state index in [0.717, 1.165) is 19.3 Å². The molecule has 1 aliphatic rings. The normalized spacial score (nSPS) is 34.8. The zero-order valence-corrected chi connectivity index (χ0v) is 12.2. The van der Waals surface area contributed by atoms with E-state index in [9.17, 15) is 8.42 Å². The Morgan fingerprint density at radius 1 is 1.24 bits per heavy atom. The lowest BCUT2D eigenvalue weighted by Crippen LogP contribution is -2.46. The minimum Gasteiger partial charge on any atom is -0.325 e. The summed E-state index contributed by atoms with van der Waals surface area (Å²) in [4.78, 5) is 0. The quantitative estimate of drug-likeness (QED) is 0.826. The van der Waals surface area contributed by atoms with Crippen molar-refractivity contribution < 1.29 is 8.42 Å². The van der Waals surface area contributed by atoms with Crippen LogP contribution in [0.25, 0.3) is 0 Å². The van der Waals surface area contributed by atoms with Gasteiger partial charge in [-0.1, -0.05) is 20.8 Å². The van der Waals surface area contributed by atoms with E-state index in [0.29, 0.717) is 24.0 Å². The summed E-state index contributed by atoms with van der Waals surface area (Å²) in [6.45, 7) is 6.21. The molecule has 0 aromatic rings. The van der Waals surface area contributed by atoms with Gasteiger partial charge in [-0.2, -0.15) is 0 Å². The maximum absolute atomic E-state index is 11.4. The predicted octanol–water partition coefficient (Wildman–Crippen LogP) is 2.35. The maximum atomic E-state index is 11.4. The van der Waals surface area contributed by atoms with Gasteiger partial charge in [-0.3, -0.25) is 0 Å². The second-order valence-corrected chi connectivity index (χ2v) is 8.53. The van der Waals surface area contributed by atoms with Crippen molar-refractivity contribution in [2.45, 2.75) is 58.4 Å². The average Bonchev–Trinajstić information content (AvgIpc) is 2.14. The van der Waals surface area contributed by atoms with Crippen molar-refractivity contribution in [3.05, 3.63) is 0 Å². The van der Waals surface area contributed by atoms with Gasteiger partial charge in [-0.25, -0.2) is 8.42 Å². The predicted molar refractivity (Wildman–Crippen MR) is 72.7 cm³/mol. The molecule has 0 bridgehead atoms. The van der Waals surface area contributed by atoms with Crippen LogP contribution in [-0.4, -0.2) is 25.5 Å².